The molecule has 2 amide bonds. The van der Waals surface area contributed by atoms with Crippen LogP contribution in [0.25, 0.3) is 0 Å². The fourth-order valence-corrected chi connectivity index (χ4v) is 4.52. The number of carbonyl (C=O) groups excluding carboxylic acids is 1. The highest BCUT2D eigenvalue weighted by Gasteiger charge is 2.30. The van der Waals surface area contributed by atoms with Gasteiger partial charge < -0.3 is 10.2 Å². The predicted molar refractivity (Wildman–Crippen MR) is 104 cm³/mol. The minimum absolute atomic E-state index is 0.0587. The molecule has 2 aromatic rings. The van der Waals surface area contributed by atoms with E-state index in [9.17, 15) is 4.79 Å². The van der Waals surface area contributed by atoms with Crippen LogP contribution in [0.5, 0.6) is 0 Å². The monoisotopic (exact) mass is 372 g/mol. The van der Waals surface area contributed by atoms with Gasteiger partial charge in [0.1, 0.15) is 0 Å². The van der Waals surface area contributed by atoms with Crippen LogP contribution in [0.4, 0.5) is 10.5 Å². The lowest BCUT2D eigenvalue weighted by molar-refractivity contribution is 0.183. The number of nitrogens with zero attached hydrogens (tertiary/aromatic N) is 3. The van der Waals surface area contributed by atoms with Gasteiger partial charge in [-0.05, 0) is 55.9 Å². The topological polar surface area (TPSA) is 50.2 Å². The maximum absolute atomic E-state index is 13.1. The van der Waals surface area contributed by atoms with Gasteiger partial charge in [-0.3, -0.25) is 4.68 Å². The van der Waals surface area contributed by atoms with Gasteiger partial charge in [-0.2, -0.15) is 5.10 Å². The summed E-state index contributed by atoms with van der Waals surface area (Å²) in [6.07, 6.45) is 7.86. The number of hydrogen-bond donors (Lipinski definition) is 1. The van der Waals surface area contributed by atoms with Crippen LogP contribution in [-0.2, 0) is 26.4 Å². The molecule has 0 atom stereocenters. The molecule has 0 spiro atoms. The van der Waals surface area contributed by atoms with Gasteiger partial charge in [-0.1, -0.05) is 30.5 Å². The van der Waals surface area contributed by atoms with Crippen molar-refractivity contribution < 1.29 is 4.79 Å². The number of urea groups is 1. The number of aromatic nitrogens is 2. The Kier molecular flexibility index (Phi) is 4.90. The van der Waals surface area contributed by atoms with E-state index in [-0.39, 0.29) is 12.1 Å². The van der Waals surface area contributed by atoms with Gasteiger partial charge in [-0.25, -0.2) is 4.79 Å². The van der Waals surface area contributed by atoms with Crippen LogP contribution in [0.1, 0.15) is 49.1 Å². The molecule has 0 saturated heterocycles. The molecule has 2 aliphatic carbocycles. The number of carbonyl (C=O) groups is 1. The molecule has 0 radical (unpaired) electrons. The molecule has 1 heterocycles. The predicted octanol–water partition coefficient (Wildman–Crippen LogP) is 4.54. The maximum Gasteiger partial charge on any atom is 0.322 e. The third-order valence-corrected chi connectivity index (χ3v) is 5.86. The Bertz CT molecular complexity index is 810. The minimum Gasteiger partial charge on any atom is -0.316 e. The molecule has 138 valence electrons. The lowest BCUT2D eigenvalue weighted by Crippen LogP contribution is -2.41. The van der Waals surface area contributed by atoms with E-state index in [0.29, 0.717) is 11.6 Å². The molecule has 2 aliphatic rings. The van der Waals surface area contributed by atoms with E-state index in [1.807, 2.05) is 34.8 Å². The van der Waals surface area contributed by atoms with Crippen LogP contribution < -0.4 is 5.32 Å². The summed E-state index contributed by atoms with van der Waals surface area (Å²) < 4.78 is 2.00. The molecule has 1 N–H and O–H groups in total. The number of rotatable bonds is 4. The largest absolute Gasteiger partial charge is 0.322 e. The van der Waals surface area contributed by atoms with Crippen molar-refractivity contribution in [2.45, 2.75) is 57.5 Å². The van der Waals surface area contributed by atoms with E-state index in [1.165, 1.54) is 30.5 Å². The third-order valence-electron chi connectivity index (χ3n) is 5.62. The van der Waals surface area contributed by atoms with E-state index >= 15 is 0 Å². The molecule has 0 aliphatic heterocycles. The van der Waals surface area contributed by atoms with Crippen molar-refractivity contribution in [2.75, 3.05) is 5.32 Å². The summed E-state index contributed by atoms with van der Waals surface area (Å²) in [4.78, 5) is 15.0. The molecule has 5 nitrogen and oxygen atoms in total. The molecule has 1 aromatic heterocycles. The molecule has 6 heteroatoms. The van der Waals surface area contributed by atoms with Crippen LogP contribution in [0.2, 0.25) is 5.02 Å². The summed E-state index contributed by atoms with van der Waals surface area (Å²) in [5.41, 5.74) is 4.48. The minimum atomic E-state index is -0.0587. The van der Waals surface area contributed by atoms with E-state index in [4.69, 9.17) is 16.7 Å². The average molecular weight is 373 g/mol. The summed E-state index contributed by atoms with van der Waals surface area (Å²) in [6.45, 7) is 0.584. The van der Waals surface area contributed by atoms with E-state index in [1.54, 1.807) is 6.07 Å². The molecule has 1 saturated carbocycles. The van der Waals surface area contributed by atoms with Crippen molar-refractivity contribution in [1.29, 1.82) is 0 Å². The molecular weight excluding hydrogens is 348 g/mol. The SMILES string of the molecule is Cn1nc(CN(C(=O)Nc2cccc(Cl)c2)C2CCCC2)c2c1CCC2. The first-order valence-electron chi connectivity index (χ1n) is 9.48. The van der Waals surface area contributed by atoms with Crippen molar-refractivity contribution in [2.24, 2.45) is 7.05 Å². The number of aryl methyl sites for hydroxylation is 1. The Morgan fingerprint density at radius 2 is 2.12 bits per heavy atom. The van der Waals surface area contributed by atoms with Gasteiger partial charge in [-0.15, -0.1) is 0 Å². The summed E-state index contributed by atoms with van der Waals surface area (Å²) in [6, 6.07) is 7.54. The lowest BCUT2D eigenvalue weighted by atomic mass is 10.1. The number of fused-ring (bicyclic) bond motifs is 1. The Hall–Kier alpha value is -2.01. The van der Waals surface area contributed by atoms with E-state index in [2.05, 4.69) is 5.32 Å². The highest BCUT2D eigenvalue weighted by Crippen LogP contribution is 2.29. The fourth-order valence-electron chi connectivity index (χ4n) is 4.33. The molecule has 26 heavy (non-hydrogen) atoms. The first kappa shape index (κ1) is 17.4. The van der Waals surface area contributed by atoms with E-state index < -0.39 is 0 Å². The zero-order chi connectivity index (χ0) is 18.1. The van der Waals surface area contributed by atoms with Gasteiger partial charge in [0, 0.05) is 29.5 Å². The molecule has 0 bridgehead atoms. The average Bonchev–Trinajstić information content (AvgIpc) is 3.33. The number of amides is 2. The van der Waals surface area contributed by atoms with E-state index in [0.717, 1.165) is 37.1 Å². The molecule has 4 rings (SSSR count). The number of anilines is 1. The molecule has 1 fully saturated rings. The Morgan fingerprint density at radius 1 is 1.31 bits per heavy atom. The highest BCUT2D eigenvalue weighted by atomic mass is 35.5. The first-order chi connectivity index (χ1) is 12.6. The normalized spacial score (nSPS) is 16.7. The standard InChI is InChI=1S/C20H25ClN4O/c1-24-19-11-5-10-17(19)18(23-24)13-25(16-8-2-3-9-16)20(26)22-15-7-4-6-14(21)12-15/h4,6-7,12,16H,2-3,5,8-11,13H2,1H3,(H,22,26). The molecule has 0 unspecified atom stereocenters. The first-order valence-corrected chi connectivity index (χ1v) is 9.86. The molecular formula is C20H25ClN4O. The molecule has 1 aromatic carbocycles. The summed E-state index contributed by atoms with van der Waals surface area (Å²) >= 11 is 6.05. The van der Waals surface area contributed by atoms with Crippen molar-refractivity contribution in [1.82, 2.24) is 14.7 Å². The van der Waals surface area contributed by atoms with Gasteiger partial charge in [0.15, 0.2) is 0 Å². The zero-order valence-electron chi connectivity index (χ0n) is 15.2. The van der Waals surface area contributed by atoms with Crippen LogP contribution in [-0.4, -0.2) is 26.8 Å². The van der Waals surface area contributed by atoms with Crippen molar-refractivity contribution in [3.8, 4) is 0 Å². The number of halogens is 1. The second-order valence-electron chi connectivity index (χ2n) is 7.36. The van der Waals surface area contributed by atoms with Crippen LogP contribution >= 0.6 is 11.6 Å². The lowest BCUT2D eigenvalue weighted by Gasteiger charge is -2.29. The fraction of sp³-hybridized carbons (Fsp3) is 0.500. The van der Waals surface area contributed by atoms with Crippen LogP contribution in [0.15, 0.2) is 24.3 Å². The maximum atomic E-state index is 13.1. The Labute approximate surface area is 159 Å². The van der Waals surface area contributed by atoms with Crippen LogP contribution in [0.3, 0.4) is 0 Å². The second-order valence-corrected chi connectivity index (χ2v) is 7.79. The van der Waals surface area contributed by atoms with Crippen LogP contribution in [0, 0.1) is 0 Å². The Morgan fingerprint density at radius 3 is 2.88 bits per heavy atom. The van der Waals surface area contributed by atoms with Crippen molar-refractivity contribution in [3.05, 3.63) is 46.2 Å². The second kappa shape index (κ2) is 7.31. The Balaban J connectivity index is 1.56. The summed E-state index contributed by atoms with van der Waals surface area (Å²) in [5.74, 6) is 0. The smallest absolute Gasteiger partial charge is 0.316 e. The van der Waals surface area contributed by atoms with Gasteiger partial charge in [0.05, 0.1) is 12.2 Å². The number of benzene rings is 1. The highest BCUT2D eigenvalue weighted by molar-refractivity contribution is 6.30. The number of nitrogens with one attached hydrogen (secondary N) is 1. The van der Waals surface area contributed by atoms with Crippen molar-refractivity contribution >= 4 is 23.3 Å². The van der Waals surface area contributed by atoms with Gasteiger partial charge in [0.25, 0.3) is 0 Å². The summed E-state index contributed by atoms with van der Waals surface area (Å²) in [5, 5.41) is 8.37. The van der Waals surface area contributed by atoms with Crippen molar-refractivity contribution in [3.63, 3.8) is 0 Å². The summed E-state index contributed by atoms with van der Waals surface area (Å²) in [7, 11) is 2.01. The van der Waals surface area contributed by atoms with Gasteiger partial charge in [0.2, 0.25) is 0 Å². The van der Waals surface area contributed by atoms with Gasteiger partial charge >= 0.3 is 6.03 Å². The quantitative estimate of drug-likeness (QED) is 0.856. The zero-order valence-corrected chi connectivity index (χ0v) is 15.9. The third kappa shape index (κ3) is 3.45. The number of hydrogen-bond acceptors (Lipinski definition) is 2.